The molecule has 1 atom stereocenters. The molecule has 2 aromatic carbocycles. The van der Waals surface area contributed by atoms with Crippen LogP contribution < -0.4 is 10.9 Å². The van der Waals surface area contributed by atoms with E-state index >= 15 is 0 Å². The molecule has 0 bridgehead atoms. The van der Waals surface area contributed by atoms with Gasteiger partial charge in [-0.05, 0) is 42.7 Å². The van der Waals surface area contributed by atoms with Gasteiger partial charge in [0, 0.05) is 55.7 Å². The fraction of sp³-hybridized carbons (Fsp3) is 0.385. The lowest BCUT2D eigenvalue weighted by molar-refractivity contribution is 0.0934. The van der Waals surface area contributed by atoms with E-state index in [-0.39, 0.29) is 16.5 Å². The van der Waals surface area contributed by atoms with Crippen LogP contribution in [0.15, 0.2) is 58.2 Å². The molecule has 0 radical (unpaired) electrons. The number of fused-ring (bicyclic) bond motifs is 2. The molecule has 0 fully saturated rings. The van der Waals surface area contributed by atoms with E-state index < -0.39 is 21.5 Å². The zero-order valence-corrected chi connectivity index (χ0v) is 21.2. The SMILES string of the molecule is CCN(CC)S(=O)(=O)c1ccc2[nH]c(=O)cc(C(=O)NCC(C)N3CCc4ccccc4C3)c2c1. The third-order valence-electron chi connectivity index (χ3n) is 6.74. The second kappa shape index (κ2) is 10.3. The van der Waals surface area contributed by atoms with E-state index in [9.17, 15) is 18.0 Å². The number of carbonyl (C=O) groups is 1. The van der Waals surface area contributed by atoms with Crippen LogP contribution in [0, 0.1) is 0 Å². The first-order chi connectivity index (χ1) is 16.7. The van der Waals surface area contributed by atoms with E-state index in [1.54, 1.807) is 13.8 Å². The molecule has 1 aliphatic heterocycles. The predicted octanol–water partition coefficient (Wildman–Crippen LogP) is 2.74. The maximum atomic E-state index is 13.2. The summed E-state index contributed by atoms with van der Waals surface area (Å²) in [5.74, 6) is -0.400. The third-order valence-corrected chi connectivity index (χ3v) is 8.79. The number of amides is 1. The summed E-state index contributed by atoms with van der Waals surface area (Å²) in [5, 5.41) is 3.35. The number of sulfonamides is 1. The summed E-state index contributed by atoms with van der Waals surface area (Å²) in [5.41, 5.74) is 2.84. The molecule has 2 N–H and O–H groups in total. The Kier molecular flexibility index (Phi) is 7.39. The molecule has 2 heterocycles. The lowest BCUT2D eigenvalue weighted by atomic mass is 9.99. The Balaban J connectivity index is 1.55. The number of aromatic amines is 1. The number of aromatic nitrogens is 1. The molecule has 1 amide bonds. The Morgan fingerprint density at radius 2 is 1.83 bits per heavy atom. The Morgan fingerprint density at radius 1 is 1.11 bits per heavy atom. The van der Waals surface area contributed by atoms with Gasteiger partial charge < -0.3 is 10.3 Å². The van der Waals surface area contributed by atoms with Gasteiger partial charge in [0.05, 0.1) is 10.5 Å². The van der Waals surface area contributed by atoms with Crippen molar-refractivity contribution in [1.82, 2.24) is 19.5 Å². The van der Waals surface area contributed by atoms with Crippen molar-refractivity contribution >= 4 is 26.8 Å². The Hall–Kier alpha value is -3.01. The summed E-state index contributed by atoms with van der Waals surface area (Å²) >= 11 is 0. The molecule has 1 aromatic heterocycles. The number of hydrogen-bond donors (Lipinski definition) is 2. The fourth-order valence-corrected chi connectivity index (χ4v) is 6.14. The van der Waals surface area contributed by atoms with Crippen LogP contribution in [-0.2, 0) is 23.0 Å². The van der Waals surface area contributed by atoms with Crippen molar-refractivity contribution in [2.75, 3.05) is 26.2 Å². The van der Waals surface area contributed by atoms with Crippen LogP contribution >= 0.6 is 0 Å². The topological polar surface area (TPSA) is 103 Å². The molecule has 0 aliphatic carbocycles. The number of nitrogens with zero attached hydrogens (tertiary/aromatic N) is 2. The highest BCUT2D eigenvalue weighted by Gasteiger charge is 2.24. The first-order valence-corrected chi connectivity index (χ1v) is 13.4. The lowest BCUT2D eigenvalue weighted by Gasteiger charge is -2.33. The fourth-order valence-electron chi connectivity index (χ4n) is 4.65. The number of hydrogen-bond acceptors (Lipinski definition) is 5. The van der Waals surface area contributed by atoms with E-state index in [1.165, 1.54) is 39.7 Å². The zero-order chi connectivity index (χ0) is 25.2. The molecular weight excluding hydrogens is 464 g/mol. The van der Waals surface area contributed by atoms with Gasteiger partial charge in [-0.1, -0.05) is 38.1 Å². The van der Waals surface area contributed by atoms with Crippen LogP contribution in [0.25, 0.3) is 10.9 Å². The van der Waals surface area contributed by atoms with Gasteiger partial charge in [-0.3, -0.25) is 14.5 Å². The van der Waals surface area contributed by atoms with Crippen molar-refractivity contribution in [3.05, 3.63) is 75.6 Å². The first-order valence-electron chi connectivity index (χ1n) is 12.0. The standard InChI is InChI=1S/C26H32N4O4S/c1-4-30(5-2)35(33,34)21-10-11-24-22(14-21)23(15-25(31)28-24)26(32)27-16-18(3)29-13-12-19-8-6-7-9-20(19)17-29/h6-11,14-15,18H,4-5,12-13,16-17H2,1-3H3,(H,27,32)(H,28,31). The minimum absolute atomic E-state index is 0.0927. The second-order valence-corrected chi connectivity index (χ2v) is 10.8. The minimum atomic E-state index is -3.71. The van der Waals surface area contributed by atoms with E-state index in [0.717, 1.165) is 19.5 Å². The normalized spacial score (nSPS) is 15.2. The highest BCUT2D eigenvalue weighted by atomic mass is 32.2. The summed E-state index contributed by atoms with van der Waals surface area (Å²) in [6.45, 7) is 8.46. The van der Waals surface area contributed by atoms with Crippen molar-refractivity contribution in [3.8, 4) is 0 Å². The number of H-pyrrole nitrogens is 1. The number of benzene rings is 2. The molecule has 8 nitrogen and oxygen atoms in total. The van der Waals surface area contributed by atoms with Gasteiger partial charge in [0.2, 0.25) is 15.6 Å². The number of pyridine rings is 1. The van der Waals surface area contributed by atoms with Gasteiger partial charge >= 0.3 is 0 Å². The Labute approximate surface area is 206 Å². The first kappa shape index (κ1) is 25.1. The molecule has 1 aliphatic rings. The van der Waals surface area contributed by atoms with Gasteiger partial charge in [-0.15, -0.1) is 0 Å². The quantitative estimate of drug-likeness (QED) is 0.499. The van der Waals surface area contributed by atoms with Crippen molar-refractivity contribution in [1.29, 1.82) is 0 Å². The second-order valence-electron chi connectivity index (χ2n) is 8.89. The van der Waals surface area contributed by atoms with Gasteiger partial charge in [-0.25, -0.2) is 8.42 Å². The van der Waals surface area contributed by atoms with Gasteiger partial charge in [0.1, 0.15) is 0 Å². The largest absolute Gasteiger partial charge is 0.350 e. The predicted molar refractivity (Wildman–Crippen MR) is 137 cm³/mol. The van der Waals surface area contributed by atoms with Crippen LogP contribution in [-0.4, -0.2) is 60.7 Å². The smallest absolute Gasteiger partial charge is 0.252 e. The Morgan fingerprint density at radius 3 is 2.54 bits per heavy atom. The maximum absolute atomic E-state index is 13.2. The molecule has 3 aromatic rings. The molecule has 0 saturated carbocycles. The minimum Gasteiger partial charge on any atom is -0.350 e. The molecule has 0 spiro atoms. The molecule has 9 heteroatoms. The average Bonchev–Trinajstić information content (AvgIpc) is 2.86. The molecule has 186 valence electrons. The van der Waals surface area contributed by atoms with E-state index in [0.29, 0.717) is 30.5 Å². The van der Waals surface area contributed by atoms with Crippen LogP contribution in [0.3, 0.4) is 0 Å². The van der Waals surface area contributed by atoms with Gasteiger partial charge in [0.25, 0.3) is 5.91 Å². The number of nitrogens with one attached hydrogen (secondary N) is 2. The van der Waals surface area contributed by atoms with Crippen LogP contribution in [0.5, 0.6) is 0 Å². The summed E-state index contributed by atoms with van der Waals surface area (Å²) in [6, 6.07) is 14.2. The molecule has 4 rings (SSSR count). The molecule has 0 saturated heterocycles. The summed E-state index contributed by atoms with van der Waals surface area (Å²) in [4.78, 5) is 30.5. The van der Waals surface area contributed by atoms with Gasteiger partial charge in [-0.2, -0.15) is 4.31 Å². The average molecular weight is 497 g/mol. The van der Waals surface area contributed by atoms with E-state index in [4.69, 9.17) is 0 Å². The van der Waals surface area contributed by atoms with Crippen molar-refractivity contribution in [2.45, 2.75) is 44.7 Å². The summed E-state index contributed by atoms with van der Waals surface area (Å²) in [7, 11) is -3.71. The van der Waals surface area contributed by atoms with Gasteiger partial charge in [0.15, 0.2) is 0 Å². The molecule has 35 heavy (non-hydrogen) atoms. The Bertz CT molecular complexity index is 1400. The van der Waals surface area contributed by atoms with Crippen LogP contribution in [0.1, 0.15) is 42.3 Å². The van der Waals surface area contributed by atoms with E-state index in [2.05, 4.69) is 40.3 Å². The maximum Gasteiger partial charge on any atom is 0.252 e. The monoisotopic (exact) mass is 496 g/mol. The van der Waals surface area contributed by atoms with Crippen molar-refractivity contribution in [2.24, 2.45) is 0 Å². The van der Waals surface area contributed by atoms with Crippen molar-refractivity contribution < 1.29 is 13.2 Å². The number of rotatable bonds is 8. The lowest BCUT2D eigenvalue weighted by Crippen LogP contribution is -2.44. The summed E-state index contributed by atoms with van der Waals surface area (Å²) in [6.07, 6.45) is 0.969. The third kappa shape index (κ3) is 5.17. The highest BCUT2D eigenvalue weighted by molar-refractivity contribution is 7.89. The van der Waals surface area contributed by atoms with E-state index in [1.807, 2.05) is 6.07 Å². The molecular formula is C26H32N4O4S. The molecule has 1 unspecified atom stereocenters. The van der Waals surface area contributed by atoms with Crippen LogP contribution in [0.2, 0.25) is 0 Å². The van der Waals surface area contributed by atoms with Crippen molar-refractivity contribution in [3.63, 3.8) is 0 Å². The van der Waals surface area contributed by atoms with Crippen LogP contribution in [0.4, 0.5) is 0 Å². The zero-order valence-electron chi connectivity index (χ0n) is 20.4. The number of carbonyl (C=O) groups excluding carboxylic acids is 1. The highest BCUT2D eigenvalue weighted by Crippen LogP contribution is 2.23. The summed E-state index contributed by atoms with van der Waals surface area (Å²) < 4.78 is 27.4.